The second kappa shape index (κ2) is 4.99. The molecule has 0 aliphatic rings. The number of benzene rings is 1. The number of nitrogens with zero attached hydrogens (tertiary/aromatic N) is 2. The highest BCUT2D eigenvalue weighted by Gasteiger charge is 2.04. The molecule has 0 radical (unpaired) electrons. The Bertz CT molecular complexity index is 517. The summed E-state index contributed by atoms with van der Waals surface area (Å²) in [5, 5.41) is 12.5. The van der Waals surface area contributed by atoms with E-state index in [1.165, 1.54) is 6.26 Å². The van der Waals surface area contributed by atoms with Gasteiger partial charge in [0.25, 0.3) is 0 Å². The number of nitriles is 1. The van der Waals surface area contributed by atoms with Crippen molar-refractivity contribution in [1.29, 1.82) is 5.26 Å². The predicted octanol–water partition coefficient (Wildman–Crippen LogP) is 2.73. The molecule has 2 rings (SSSR count). The maximum Gasteiger partial charge on any atom is 0.134 e. The Morgan fingerprint density at radius 1 is 1.44 bits per heavy atom. The van der Waals surface area contributed by atoms with Crippen molar-refractivity contribution in [2.75, 3.05) is 0 Å². The van der Waals surface area contributed by atoms with E-state index in [0.29, 0.717) is 12.2 Å². The van der Waals surface area contributed by atoms with Crippen LogP contribution >= 0.6 is 22.6 Å². The Kier molecular flexibility index (Phi) is 3.41. The van der Waals surface area contributed by atoms with Gasteiger partial charge in [0.05, 0.1) is 15.2 Å². The first-order valence-corrected chi connectivity index (χ1v) is 5.59. The molecule has 0 bridgehead atoms. The SMILES string of the molecule is N#Cc1ccc(OCc2ccon2)c(I)c1. The predicted molar refractivity (Wildman–Crippen MR) is 64.7 cm³/mol. The number of ether oxygens (including phenoxy) is 1. The molecule has 2 aromatic rings. The third-order valence-corrected chi connectivity index (χ3v) is 2.77. The lowest BCUT2D eigenvalue weighted by Crippen LogP contribution is -1.97. The fourth-order valence-electron chi connectivity index (χ4n) is 1.15. The molecule has 0 N–H and O–H groups in total. The fraction of sp³-hybridized carbons (Fsp3) is 0.0909. The molecule has 0 saturated carbocycles. The zero-order valence-corrected chi connectivity index (χ0v) is 10.3. The van der Waals surface area contributed by atoms with Crippen molar-refractivity contribution < 1.29 is 9.26 Å². The first-order valence-electron chi connectivity index (χ1n) is 4.51. The van der Waals surface area contributed by atoms with Crippen LogP contribution in [0.4, 0.5) is 0 Å². The number of aromatic nitrogens is 1. The zero-order valence-electron chi connectivity index (χ0n) is 8.18. The normalized spacial score (nSPS) is 9.75. The summed E-state index contributed by atoms with van der Waals surface area (Å²) in [6.07, 6.45) is 1.50. The maximum atomic E-state index is 8.72. The third kappa shape index (κ3) is 2.52. The summed E-state index contributed by atoms with van der Waals surface area (Å²) >= 11 is 2.13. The van der Waals surface area contributed by atoms with Crippen LogP contribution in [0.5, 0.6) is 5.75 Å². The lowest BCUT2D eigenvalue weighted by Gasteiger charge is -2.06. The minimum Gasteiger partial charge on any atom is -0.486 e. The van der Waals surface area contributed by atoms with Crippen LogP contribution in [0.3, 0.4) is 0 Å². The van der Waals surface area contributed by atoms with Gasteiger partial charge in [-0.3, -0.25) is 0 Å². The fourth-order valence-corrected chi connectivity index (χ4v) is 1.82. The van der Waals surface area contributed by atoms with Gasteiger partial charge in [0.15, 0.2) is 0 Å². The highest BCUT2D eigenvalue weighted by molar-refractivity contribution is 14.1. The average Bonchev–Trinajstić information content (AvgIpc) is 2.80. The lowest BCUT2D eigenvalue weighted by molar-refractivity contribution is 0.287. The van der Waals surface area contributed by atoms with E-state index in [-0.39, 0.29) is 0 Å². The summed E-state index contributed by atoms with van der Waals surface area (Å²) in [4.78, 5) is 0. The summed E-state index contributed by atoms with van der Waals surface area (Å²) in [7, 11) is 0. The molecule has 5 heteroatoms. The summed E-state index contributed by atoms with van der Waals surface area (Å²) < 4.78 is 11.1. The topological polar surface area (TPSA) is 59.0 Å². The largest absolute Gasteiger partial charge is 0.486 e. The Morgan fingerprint density at radius 2 is 2.31 bits per heavy atom. The Hall–Kier alpha value is -1.55. The minimum atomic E-state index is 0.360. The third-order valence-electron chi connectivity index (χ3n) is 1.93. The van der Waals surface area contributed by atoms with Crippen molar-refractivity contribution in [3.63, 3.8) is 0 Å². The van der Waals surface area contributed by atoms with Gasteiger partial charge in [-0.05, 0) is 40.8 Å². The molecule has 0 atom stereocenters. The maximum absolute atomic E-state index is 8.72. The van der Waals surface area contributed by atoms with Gasteiger partial charge in [-0.15, -0.1) is 0 Å². The van der Waals surface area contributed by atoms with E-state index >= 15 is 0 Å². The lowest BCUT2D eigenvalue weighted by atomic mass is 10.2. The molecule has 16 heavy (non-hydrogen) atoms. The molecule has 0 aliphatic carbocycles. The van der Waals surface area contributed by atoms with Gasteiger partial charge < -0.3 is 9.26 Å². The van der Waals surface area contributed by atoms with Crippen LogP contribution in [0.2, 0.25) is 0 Å². The summed E-state index contributed by atoms with van der Waals surface area (Å²) in [6, 6.07) is 9.10. The monoisotopic (exact) mass is 326 g/mol. The highest BCUT2D eigenvalue weighted by Crippen LogP contribution is 2.22. The second-order valence-corrected chi connectivity index (χ2v) is 4.20. The quantitative estimate of drug-likeness (QED) is 0.814. The van der Waals surface area contributed by atoms with Crippen molar-refractivity contribution >= 4 is 22.6 Å². The van der Waals surface area contributed by atoms with E-state index in [2.05, 4.69) is 33.8 Å². The summed E-state index contributed by atoms with van der Waals surface area (Å²) in [5.41, 5.74) is 1.36. The molecule has 1 heterocycles. The first-order chi connectivity index (χ1) is 7.79. The van der Waals surface area contributed by atoms with Crippen molar-refractivity contribution in [2.45, 2.75) is 6.61 Å². The molecule has 0 aliphatic heterocycles. The van der Waals surface area contributed by atoms with E-state index in [1.54, 1.807) is 24.3 Å². The van der Waals surface area contributed by atoms with E-state index in [1.807, 2.05) is 0 Å². The van der Waals surface area contributed by atoms with Gasteiger partial charge in [-0.25, -0.2) is 0 Å². The van der Waals surface area contributed by atoms with Crippen molar-refractivity contribution in [1.82, 2.24) is 5.16 Å². The molecule has 0 spiro atoms. The molecular formula is C11H7IN2O2. The average molecular weight is 326 g/mol. The van der Waals surface area contributed by atoms with E-state index in [9.17, 15) is 0 Å². The van der Waals surface area contributed by atoms with E-state index < -0.39 is 0 Å². The van der Waals surface area contributed by atoms with Crippen LogP contribution in [-0.2, 0) is 6.61 Å². The smallest absolute Gasteiger partial charge is 0.134 e. The zero-order chi connectivity index (χ0) is 11.4. The number of rotatable bonds is 3. The van der Waals surface area contributed by atoms with E-state index in [0.717, 1.165) is 15.0 Å². The van der Waals surface area contributed by atoms with Crippen molar-refractivity contribution in [2.24, 2.45) is 0 Å². The highest BCUT2D eigenvalue weighted by atomic mass is 127. The summed E-state index contributed by atoms with van der Waals surface area (Å²) in [6.45, 7) is 0.360. The van der Waals surface area contributed by atoms with Gasteiger partial charge >= 0.3 is 0 Å². The van der Waals surface area contributed by atoms with Crippen LogP contribution in [0, 0.1) is 14.9 Å². The number of halogens is 1. The standard InChI is InChI=1S/C11H7IN2O2/c12-10-5-8(6-13)1-2-11(10)15-7-9-3-4-16-14-9/h1-5H,7H2. The minimum absolute atomic E-state index is 0.360. The van der Waals surface area contributed by atoms with Crippen LogP contribution < -0.4 is 4.74 Å². The molecular weight excluding hydrogens is 319 g/mol. The van der Waals surface area contributed by atoms with E-state index in [4.69, 9.17) is 14.5 Å². The Labute approximate surface area is 106 Å². The molecule has 0 fully saturated rings. The van der Waals surface area contributed by atoms with Gasteiger partial charge in [0.2, 0.25) is 0 Å². The van der Waals surface area contributed by atoms with Crippen LogP contribution in [0.25, 0.3) is 0 Å². The first kappa shape index (κ1) is 11.0. The van der Waals surface area contributed by atoms with Crippen LogP contribution in [-0.4, -0.2) is 5.16 Å². The molecule has 4 nitrogen and oxygen atoms in total. The molecule has 0 amide bonds. The molecule has 1 aromatic carbocycles. The number of hydrogen-bond acceptors (Lipinski definition) is 4. The Morgan fingerprint density at radius 3 is 2.94 bits per heavy atom. The molecule has 80 valence electrons. The number of hydrogen-bond donors (Lipinski definition) is 0. The van der Waals surface area contributed by atoms with Crippen LogP contribution in [0.1, 0.15) is 11.3 Å². The molecule has 0 saturated heterocycles. The van der Waals surface area contributed by atoms with Gasteiger partial charge in [-0.2, -0.15) is 5.26 Å². The van der Waals surface area contributed by atoms with Crippen molar-refractivity contribution in [3.8, 4) is 11.8 Å². The second-order valence-electron chi connectivity index (χ2n) is 3.04. The molecule has 1 aromatic heterocycles. The van der Waals surface area contributed by atoms with Gasteiger partial charge in [0, 0.05) is 6.07 Å². The van der Waals surface area contributed by atoms with Gasteiger partial charge in [-0.1, -0.05) is 5.16 Å². The van der Waals surface area contributed by atoms with Gasteiger partial charge in [0.1, 0.15) is 24.3 Å². The van der Waals surface area contributed by atoms with Crippen molar-refractivity contribution in [3.05, 3.63) is 45.4 Å². The summed E-state index contributed by atoms with van der Waals surface area (Å²) in [5.74, 6) is 0.739. The molecule has 0 unspecified atom stereocenters. The van der Waals surface area contributed by atoms with Crippen LogP contribution in [0.15, 0.2) is 35.1 Å². The Balaban J connectivity index is 2.08.